The van der Waals surface area contributed by atoms with Gasteiger partial charge < -0.3 is 11.5 Å². The van der Waals surface area contributed by atoms with E-state index in [9.17, 15) is 0 Å². The number of para-hydroxylation sites is 1. The lowest BCUT2D eigenvalue weighted by molar-refractivity contribution is 1.47. The number of rotatable bonds is 0. The van der Waals surface area contributed by atoms with Gasteiger partial charge in [0.05, 0.1) is 0 Å². The highest BCUT2D eigenvalue weighted by atomic mass is 14.5. The molecule has 0 bridgehead atoms. The molecular formula is C13H16N2. The number of nitrogen functional groups attached to an aromatic ring is 2. The normalized spacial score (nSPS) is 8.87. The molecule has 2 aromatic carbocycles. The van der Waals surface area contributed by atoms with Crippen molar-refractivity contribution < 1.29 is 0 Å². The fourth-order valence-electron chi connectivity index (χ4n) is 1.12. The van der Waals surface area contributed by atoms with Crippen molar-refractivity contribution in [2.45, 2.75) is 6.92 Å². The second-order valence-electron chi connectivity index (χ2n) is 3.32. The van der Waals surface area contributed by atoms with Crippen LogP contribution in [0, 0.1) is 6.92 Å². The van der Waals surface area contributed by atoms with Gasteiger partial charge in [0.2, 0.25) is 0 Å². The molecule has 0 aliphatic carbocycles. The Balaban J connectivity index is 0.000000151. The summed E-state index contributed by atoms with van der Waals surface area (Å²) in [5.74, 6) is 0. The van der Waals surface area contributed by atoms with E-state index < -0.39 is 0 Å². The van der Waals surface area contributed by atoms with Gasteiger partial charge >= 0.3 is 0 Å². The van der Waals surface area contributed by atoms with E-state index in [-0.39, 0.29) is 0 Å². The highest BCUT2D eigenvalue weighted by Gasteiger charge is 1.81. The van der Waals surface area contributed by atoms with Crippen LogP contribution in [0.15, 0.2) is 54.6 Å². The van der Waals surface area contributed by atoms with Gasteiger partial charge in [-0.05, 0) is 36.8 Å². The van der Waals surface area contributed by atoms with Crippen LogP contribution in [-0.4, -0.2) is 0 Å². The predicted octanol–water partition coefficient (Wildman–Crippen LogP) is 2.85. The molecule has 2 nitrogen and oxygen atoms in total. The Morgan fingerprint density at radius 1 is 0.733 bits per heavy atom. The molecule has 0 aliphatic rings. The number of benzene rings is 2. The maximum Gasteiger partial charge on any atom is 0.0316 e. The summed E-state index contributed by atoms with van der Waals surface area (Å²) < 4.78 is 0. The van der Waals surface area contributed by atoms with E-state index >= 15 is 0 Å². The van der Waals surface area contributed by atoms with Crippen LogP contribution in [0.4, 0.5) is 11.4 Å². The van der Waals surface area contributed by atoms with Crippen molar-refractivity contribution in [2.75, 3.05) is 11.5 Å². The van der Waals surface area contributed by atoms with Crippen LogP contribution in [0.3, 0.4) is 0 Å². The summed E-state index contributed by atoms with van der Waals surface area (Å²) >= 11 is 0. The standard InChI is InChI=1S/C7H9N.C6H7N/c1-6-3-2-4-7(8)5-6;7-6-4-2-1-3-5-6/h2-5H,8H2,1H3;1-5H,7H2. The molecule has 0 amide bonds. The summed E-state index contributed by atoms with van der Waals surface area (Å²) in [6.07, 6.45) is 0. The van der Waals surface area contributed by atoms with E-state index in [1.165, 1.54) is 5.56 Å². The first-order valence-electron chi connectivity index (χ1n) is 4.81. The van der Waals surface area contributed by atoms with Crippen molar-refractivity contribution in [2.24, 2.45) is 0 Å². The third-order valence-electron chi connectivity index (χ3n) is 1.84. The fraction of sp³-hybridized carbons (Fsp3) is 0.0769. The monoisotopic (exact) mass is 200 g/mol. The summed E-state index contributed by atoms with van der Waals surface area (Å²) in [5.41, 5.74) is 13.7. The zero-order chi connectivity index (χ0) is 11.1. The molecule has 0 spiro atoms. The van der Waals surface area contributed by atoms with Crippen LogP contribution < -0.4 is 11.5 Å². The Hall–Kier alpha value is -1.96. The Bertz CT molecular complexity index is 379. The van der Waals surface area contributed by atoms with Crippen LogP contribution in [0.5, 0.6) is 0 Å². The molecule has 0 radical (unpaired) electrons. The molecular weight excluding hydrogens is 184 g/mol. The molecule has 15 heavy (non-hydrogen) atoms. The summed E-state index contributed by atoms with van der Waals surface area (Å²) in [7, 11) is 0. The van der Waals surface area contributed by atoms with Gasteiger partial charge in [-0.3, -0.25) is 0 Å². The van der Waals surface area contributed by atoms with Crippen LogP contribution >= 0.6 is 0 Å². The number of nitrogens with two attached hydrogens (primary N) is 2. The van der Waals surface area contributed by atoms with Gasteiger partial charge in [0.25, 0.3) is 0 Å². The quantitative estimate of drug-likeness (QED) is 0.642. The maximum atomic E-state index is 5.46. The number of hydrogen-bond donors (Lipinski definition) is 2. The van der Waals surface area contributed by atoms with Crippen LogP contribution in [0.25, 0.3) is 0 Å². The van der Waals surface area contributed by atoms with E-state index in [0.29, 0.717) is 0 Å². The van der Waals surface area contributed by atoms with E-state index in [1.54, 1.807) is 0 Å². The molecule has 0 heterocycles. The number of hydrogen-bond acceptors (Lipinski definition) is 2. The third kappa shape index (κ3) is 4.72. The van der Waals surface area contributed by atoms with E-state index in [0.717, 1.165) is 11.4 Å². The van der Waals surface area contributed by atoms with Crippen LogP contribution in [-0.2, 0) is 0 Å². The third-order valence-corrected chi connectivity index (χ3v) is 1.84. The number of aryl methyl sites for hydroxylation is 1. The molecule has 78 valence electrons. The second-order valence-corrected chi connectivity index (χ2v) is 3.32. The van der Waals surface area contributed by atoms with Crippen molar-refractivity contribution in [3.8, 4) is 0 Å². The predicted molar refractivity (Wildman–Crippen MR) is 66.4 cm³/mol. The van der Waals surface area contributed by atoms with Gasteiger partial charge in [-0.25, -0.2) is 0 Å². The van der Waals surface area contributed by atoms with Crippen molar-refractivity contribution in [1.82, 2.24) is 0 Å². The largest absolute Gasteiger partial charge is 0.399 e. The molecule has 0 aliphatic heterocycles. The Kier molecular flexibility index (Phi) is 4.23. The Labute approximate surface area is 90.5 Å². The van der Waals surface area contributed by atoms with Gasteiger partial charge in [0.1, 0.15) is 0 Å². The van der Waals surface area contributed by atoms with Crippen LogP contribution in [0.2, 0.25) is 0 Å². The zero-order valence-electron chi connectivity index (χ0n) is 8.85. The molecule has 2 aromatic rings. The van der Waals surface area contributed by atoms with Crippen LogP contribution in [0.1, 0.15) is 5.56 Å². The first-order chi connectivity index (χ1) is 7.18. The molecule has 0 saturated heterocycles. The lowest BCUT2D eigenvalue weighted by Crippen LogP contribution is -1.82. The highest BCUT2D eigenvalue weighted by Crippen LogP contribution is 2.03. The summed E-state index contributed by atoms with van der Waals surface area (Å²) in [5, 5.41) is 0. The zero-order valence-corrected chi connectivity index (χ0v) is 8.85. The van der Waals surface area contributed by atoms with E-state index in [2.05, 4.69) is 0 Å². The van der Waals surface area contributed by atoms with E-state index in [4.69, 9.17) is 11.5 Å². The first-order valence-corrected chi connectivity index (χ1v) is 4.81. The summed E-state index contributed by atoms with van der Waals surface area (Å²) in [4.78, 5) is 0. The van der Waals surface area contributed by atoms with Crippen molar-refractivity contribution >= 4 is 11.4 Å². The average Bonchev–Trinajstić information content (AvgIpc) is 2.19. The minimum absolute atomic E-state index is 0.822. The van der Waals surface area contributed by atoms with Gasteiger partial charge in [-0.2, -0.15) is 0 Å². The maximum absolute atomic E-state index is 5.46. The molecule has 2 heteroatoms. The van der Waals surface area contributed by atoms with Crippen molar-refractivity contribution in [1.29, 1.82) is 0 Å². The molecule has 2 rings (SSSR count). The van der Waals surface area contributed by atoms with Crippen molar-refractivity contribution in [3.63, 3.8) is 0 Å². The molecule has 0 unspecified atom stereocenters. The molecule has 0 fully saturated rings. The topological polar surface area (TPSA) is 52.0 Å². The smallest absolute Gasteiger partial charge is 0.0316 e. The fourth-order valence-corrected chi connectivity index (χ4v) is 1.12. The minimum atomic E-state index is 0.822. The first kappa shape index (κ1) is 11.1. The van der Waals surface area contributed by atoms with Gasteiger partial charge in [0.15, 0.2) is 0 Å². The molecule has 0 atom stereocenters. The minimum Gasteiger partial charge on any atom is -0.399 e. The highest BCUT2D eigenvalue weighted by molar-refractivity contribution is 5.39. The Morgan fingerprint density at radius 3 is 1.67 bits per heavy atom. The van der Waals surface area contributed by atoms with Gasteiger partial charge in [-0.1, -0.05) is 30.3 Å². The molecule has 4 N–H and O–H groups in total. The van der Waals surface area contributed by atoms with Crippen molar-refractivity contribution in [3.05, 3.63) is 60.2 Å². The molecule has 0 saturated carbocycles. The SMILES string of the molecule is Cc1cccc(N)c1.Nc1ccccc1. The average molecular weight is 200 g/mol. The summed E-state index contributed by atoms with van der Waals surface area (Å²) in [6, 6.07) is 17.3. The Morgan fingerprint density at radius 2 is 1.33 bits per heavy atom. The van der Waals surface area contributed by atoms with Gasteiger partial charge in [0, 0.05) is 11.4 Å². The lowest BCUT2D eigenvalue weighted by Gasteiger charge is -1.91. The number of anilines is 2. The summed E-state index contributed by atoms with van der Waals surface area (Å²) in [6.45, 7) is 2.02. The van der Waals surface area contributed by atoms with Gasteiger partial charge in [-0.15, -0.1) is 0 Å². The second kappa shape index (κ2) is 5.70. The van der Waals surface area contributed by atoms with E-state index in [1.807, 2.05) is 61.5 Å². The molecule has 0 aromatic heterocycles. The lowest BCUT2D eigenvalue weighted by atomic mass is 10.2.